The first-order valence-corrected chi connectivity index (χ1v) is 5.62. The lowest BCUT2D eigenvalue weighted by Crippen LogP contribution is -2.37. The fraction of sp³-hybridized carbons (Fsp3) is 0.500. The monoisotopic (exact) mass is 211 g/mol. The molecule has 2 rings (SSSR count). The summed E-state index contributed by atoms with van der Waals surface area (Å²) in [4.78, 5) is 14.3. The van der Waals surface area contributed by atoms with Gasteiger partial charge in [0.2, 0.25) is 5.91 Å². The van der Waals surface area contributed by atoms with Gasteiger partial charge in [-0.2, -0.15) is 0 Å². The van der Waals surface area contributed by atoms with Gasteiger partial charge in [-0.05, 0) is 17.0 Å². The highest BCUT2D eigenvalue weighted by molar-refractivity contribution is 7.10. The Labute approximate surface area is 87.0 Å². The number of aliphatic hydroxyl groups is 1. The molecule has 3 nitrogen and oxygen atoms in total. The molecule has 0 bridgehead atoms. The third-order valence-corrected chi connectivity index (χ3v) is 3.44. The van der Waals surface area contributed by atoms with E-state index in [0.29, 0.717) is 19.5 Å². The lowest BCUT2D eigenvalue weighted by Gasteiger charge is -2.30. The van der Waals surface area contributed by atoms with Crippen LogP contribution in [0.2, 0.25) is 0 Å². The number of fused-ring (bicyclic) bond motifs is 1. The zero-order valence-electron chi connectivity index (χ0n) is 8.06. The van der Waals surface area contributed by atoms with Crippen molar-refractivity contribution >= 4 is 17.2 Å². The van der Waals surface area contributed by atoms with Crippen molar-refractivity contribution in [1.29, 1.82) is 0 Å². The van der Waals surface area contributed by atoms with Crippen LogP contribution in [0.5, 0.6) is 0 Å². The number of carbonyl (C=O) groups is 1. The topological polar surface area (TPSA) is 40.5 Å². The molecule has 1 N–H and O–H groups in total. The van der Waals surface area contributed by atoms with Gasteiger partial charge in [-0.3, -0.25) is 4.79 Å². The highest BCUT2D eigenvalue weighted by atomic mass is 32.1. The molecule has 0 fully saturated rings. The van der Waals surface area contributed by atoms with Gasteiger partial charge in [-0.1, -0.05) is 6.92 Å². The van der Waals surface area contributed by atoms with Crippen molar-refractivity contribution in [3.63, 3.8) is 0 Å². The van der Waals surface area contributed by atoms with Crippen LogP contribution < -0.4 is 0 Å². The number of amides is 1. The molecule has 1 amide bonds. The maximum atomic E-state index is 11.5. The van der Waals surface area contributed by atoms with Gasteiger partial charge in [0, 0.05) is 11.3 Å². The van der Waals surface area contributed by atoms with Gasteiger partial charge in [-0.25, -0.2) is 0 Å². The van der Waals surface area contributed by atoms with Gasteiger partial charge in [0.15, 0.2) is 0 Å². The number of thiophene rings is 1. The molecule has 0 radical (unpaired) electrons. The average Bonchev–Trinajstić information content (AvgIpc) is 2.64. The summed E-state index contributed by atoms with van der Waals surface area (Å²) >= 11 is 1.61. The van der Waals surface area contributed by atoms with Crippen LogP contribution in [0.1, 0.15) is 29.9 Å². The SMILES string of the molecule is CCC(=O)N1Cc2sccc2C(O)C1. The first-order chi connectivity index (χ1) is 6.72. The van der Waals surface area contributed by atoms with Crippen molar-refractivity contribution in [2.45, 2.75) is 26.0 Å². The van der Waals surface area contributed by atoms with Crippen LogP contribution in [-0.2, 0) is 11.3 Å². The van der Waals surface area contributed by atoms with E-state index in [-0.39, 0.29) is 5.91 Å². The molecule has 1 unspecified atom stereocenters. The first kappa shape index (κ1) is 9.68. The molecule has 0 saturated carbocycles. The van der Waals surface area contributed by atoms with Crippen LogP contribution in [-0.4, -0.2) is 22.5 Å². The van der Waals surface area contributed by atoms with Crippen LogP contribution in [0.25, 0.3) is 0 Å². The second-order valence-electron chi connectivity index (χ2n) is 3.44. The fourth-order valence-electron chi connectivity index (χ4n) is 1.73. The van der Waals surface area contributed by atoms with E-state index in [1.165, 1.54) is 0 Å². The lowest BCUT2D eigenvalue weighted by atomic mass is 10.1. The zero-order valence-corrected chi connectivity index (χ0v) is 8.88. The second-order valence-corrected chi connectivity index (χ2v) is 4.44. The Balaban J connectivity index is 2.21. The Hall–Kier alpha value is -0.870. The van der Waals surface area contributed by atoms with E-state index >= 15 is 0 Å². The van der Waals surface area contributed by atoms with E-state index in [1.807, 2.05) is 18.4 Å². The lowest BCUT2D eigenvalue weighted by molar-refractivity contribution is -0.133. The number of hydrogen-bond acceptors (Lipinski definition) is 3. The minimum Gasteiger partial charge on any atom is -0.387 e. The van der Waals surface area contributed by atoms with Crippen LogP contribution in [0.3, 0.4) is 0 Å². The van der Waals surface area contributed by atoms with Gasteiger partial charge in [0.05, 0.1) is 19.2 Å². The quantitative estimate of drug-likeness (QED) is 0.765. The van der Waals surface area contributed by atoms with Crippen LogP contribution in [0, 0.1) is 0 Å². The van der Waals surface area contributed by atoms with Crippen LogP contribution >= 0.6 is 11.3 Å². The second kappa shape index (κ2) is 3.71. The molecule has 76 valence electrons. The fourth-order valence-corrected chi connectivity index (χ4v) is 2.68. The number of carbonyl (C=O) groups excluding carboxylic acids is 1. The molecule has 14 heavy (non-hydrogen) atoms. The normalized spacial score (nSPS) is 20.7. The maximum absolute atomic E-state index is 11.5. The summed E-state index contributed by atoms with van der Waals surface area (Å²) in [5.74, 6) is 0.114. The molecular formula is C10H13NO2S. The molecule has 0 saturated heterocycles. The molecule has 0 spiro atoms. The van der Waals surface area contributed by atoms with Crippen LogP contribution in [0.4, 0.5) is 0 Å². The summed E-state index contributed by atoms with van der Waals surface area (Å²) in [6.07, 6.45) is 0.00783. The highest BCUT2D eigenvalue weighted by Gasteiger charge is 2.26. The third-order valence-electron chi connectivity index (χ3n) is 2.52. The number of β-amino-alcohol motifs (C(OH)–C–C–N with tert-alkyl or cyclic N) is 1. The molecule has 1 aromatic heterocycles. The molecule has 1 aliphatic heterocycles. The van der Waals surface area contributed by atoms with Crippen molar-refractivity contribution in [3.05, 3.63) is 21.9 Å². The minimum absolute atomic E-state index is 0.114. The van der Waals surface area contributed by atoms with E-state index in [0.717, 1.165) is 10.4 Å². The van der Waals surface area contributed by atoms with E-state index in [2.05, 4.69) is 0 Å². The Bertz CT molecular complexity index is 348. The van der Waals surface area contributed by atoms with Gasteiger partial charge in [-0.15, -0.1) is 11.3 Å². The van der Waals surface area contributed by atoms with Gasteiger partial charge >= 0.3 is 0 Å². The average molecular weight is 211 g/mol. The maximum Gasteiger partial charge on any atom is 0.222 e. The molecule has 2 heterocycles. The number of aliphatic hydroxyl groups excluding tert-OH is 1. The zero-order chi connectivity index (χ0) is 10.1. The molecule has 1 atom stereocenters. The largest absolute Gasteiger partial charge is 0.387 e. The third kappa shape index (κ3) is 1.55. The van der Waals surface area contributed by atoms with Gasteiger partial charge in [0.1, 0.15) is 0 Å². The summed E-state index contributed by atoms with van der Waals surface area (Å²) in [5, 5.41) is 11.7. The Morgan fingerprint density at radius 2 is 2.57 bits per heavy atom. The number of nitrogens with zero attached hydrogens (tertiary/aromatic N) is 1. The summed E-state index contributed by atoms with van der Waals surface area (Å²) in [6.45, 7) is 2.95. The van der Waals surface area contributed by atoms with Crippen molar-refractivity contribution in [3.8, 4) is 0 Å². The summed E-state index contributed by atoms with van der Waals surface area (Å²) in [5.41, 5.74) is 0.996. The van der Waals surface area contributed by atoms with Gasteiger partial charge < -0.3 is 10.0 Å². The standard InChI is InChI=1S/C10H13NO2S/c1-2-10(13)11-5-8(12)7-3-4-14-9(7)6-11/h3-4,8,12H,2,5-6H2,1H3. The summed E-state index contributed by atoms with van der Waals surface area (Å²) < 4.78 is 0. The first-order valence-electron chi connectivity index (χ1n) is 4.74. The molecule has 0 aromatic carbocycles. The van der Waals surface area contributed by atoms with Crippen molar-refractivity contribution < 1.29 is 9.90 Å². The molecular weight excluding hydrogens is 198 g/mol. The summed E-state index contributed by atoms with van der Waals surface area (Å²) in [7, 11) is 0. The van der Waals surface area contributed by atoms with E-state index in [1.54, 1.807) is 16.2 Å². The molecule has 0 aliphatic carbocycles. The van der Waals surface area contributed by atoms with Crippen LogP contribution in [0.15, 0.2) is 11.4 Å². The smallest absolute Gasteiger partial charge is 0.222 e. The molecule has 4 heteroatoms. The minimum atomic E-state index is -0.500. The predicted octanol–water partition coefficient (Wildman–Crippen LogP) is 1.53. The Morgan fingerprint density at radius 3 is 3.29 bits per heavy atom. The number of rotatable bonds is 1. The number of hydrogen-bond donors (Lipinski definition) is 1. The van der Waals surface area contributed by atoms with Crippen molar-refractivity contribution in [1.82, 2.24) is 4.90 Å². The Kier molecular flexibility index (Phi) is 2.56. The highest BCUT2D eigenvalue weighted by Crippen LogP contribution is 2.30. The summed E-state index contributed by atoms with van der Waals surface area (Å²) in [6, 6.07) is 1.94. The molecule has 1 aliphatic rings. The Morgan fingerprint density at radius 1 is 1.79 bits per heavy atom. The molecule has 1 aromatic rings. The van der Waals surface area contributed by atoms with E-state index in [4.69, 9.17) is 0 Å². The van der Waals surface area contributed by atoms with E-state index < -0.39 is 6.10 Å². The van der Waals surface area contributed by atoms with E-state index in [9.17, 15) is 9.90 Å². The van der Waals surface area contributed by atoms with Crippen molar-refractivity contribution in [2.75, 3.05) is 6.54 Å². The van der Waals surface area contributed by atoms with Gasteiger partial charge in [0.25, 0.3) is 0 Å². The van der Waals surface area contributed by atoms with Crippen molar-refractivity contribution in [2.24, 2.45) is 0 Å². The predicted molar refractivity (Wildman–Crippen MR) is 55.0 cm³/mol.